The standard InChI is InChI=1S/C9H12N2O2/c1-3-13-9-4-5-10-6-8(9)11-7(2)12/h4-6H,3H2,1-2H3,(H,11,12). The van der Waals surface area contributed by atoms with Gasteiger partial charge in [0.1, 0.15) is 11.4 Å². The van der Waals surface area contributed by atoms with E-state index in [2.05, 4.69) is 10.3 Å². The summed E-state index contributed by atoms with van der Waals surface area (Å²) in [5.74, 6) is 0.515. The highest BCUT2D eigenvalue weighted by atomic mass is 16.5. The number of hydrogen-bond donors (Lipinski definition) is 1. The molecule has 70 valence electrons. The van der Waals surface area contributed by atoms with Crippen LogP contribution in [0.4, 0.5) is 5.69 Å². The summed E-state index contributed by atoms with van der Waals surface area (Å²) in [6, 6.07) is 1.72. The van der Waals surface area contributed by atoms with Crippen molar-refractivity contribution < 1.29 is 9.53 Å². The van der Waals surface area contributed by atoms with E-state index in [9.17, 15) is 4.79 Å². The summed E-state index contributed by atoms with van der Waals surface area (Å²) < 4.78 is 5.28. The van der Waals surface area contributed by atoms with E-state index >= 15 is 0 Å². The molecule has 1 aromatic heterocycles. The molecule has 0 saturated heterocycles. The first-order chi connectivity index (χ1) is 6.24. The Bertz CT molecular complexity index is 299. The molecule has 13 heavy (non-hydrogen) atoms. The third kappa shape index (κ3) is 2.74. The van der Waals surface area contributed by atoms with Crippen LogP contribution in [0.5, 0.6) is 5.75 Å². The van der Waals surface area contributed by atoms with E-state index in [4.69, 9.17) is 4.74 Å². The van der Waals surface area contributed by atoms with Gasteiger partial charge in [0.25, 0.3) is 0 Å². The summed E-state index contributed by atoms with van der Waals surface area (Å²) in [6.45, 7) is 3.90. The van der Waals surface area contributed by atoms with Gasteiger partial charge in [-0.05, 0) is 6.92 Å². The molecule has 1 heterocycles. The molecule has 0 saturated carbocycles. The Morgan fingerprint density at radius 1 is 1.69 bits per heavy atom. The Labute approximate surface area is 76.9 Å². The van der Waals surface area contributed by atoms with Crippen LogP contribution in [0.2, 0.25) is 0 Å². The second-order valence-corrected chi connectivity index (χ2v) is 2.49. The van der Waals surface area contributed by atoms with Crippen molar-refractivity contribution in [2.45, 2.75) is 13.8 Å². The number of ether oxygens (including phenoxy) is 1. The zero-order valence-corrected chi connectivity index (χ0v) is 7.70. The quantitative estimate of drug-likeness (QED) is 0.765. The van der Waals surface area contributed by atoms with Gasteiger partial charge in [0.15, 0.2) is 0 Å². The largest absolute Gasteiger partial charge is 0.492 e. The van der Waals surface area contributed by atoms with Crippen molar-refractivity contribution in [2.75, 3.05) is 11.9 Å². The molecule has 4 heteroatoms. The molecule has 0 spiro atoms. The van der Waals surface area contributed by atoms with Crippen molar-refractivity contribution in [2.24, 2.45) is 0 Å². The molecule has 0 atom stereocenters. The lowest BCUT2D eigenvalue weighted by Gasteiger charge is -2.08. The van der Waals surface area contributed by atoms with Gasteiger partial charge in [-0.1, -0.05) is 0 Å². The summed E-state index contributed by atoms with van der Waals surface area (Å²) in [6.07, 6.45) is 3.18. The van der Waals surface area contributed by atoms with Gasteiger partial charge in [-0.2, -0.15) is 0 Å². The highest BCUT2D eigenvalue weighted by Gasteiger charge is 2.03. The van der Waals surface area contributed by atoms with Gasteiger partial charge >= 0.3 is 0 Å². The molecule has 0 unspecified atom stereocenters. The predicted octanol–water partition coefficient (Wildman–Crippen LogP) is 1.44. The number of rotatable bonds is 3. The zero-order chi connectivity index (χ0) is 9.68. The second-order valence-electron chi connectivity index (χ2n) is 2.49. The van der Waals surface area contributed by atoms with Crippen LogP contribution in [-0.4, -0.2) is 17.5 Å². The molecule has 0 aromatic carbocycles. The molecule has 1 rings (SSSR count). The smallest absolute Gasteiger partial charge is 0.221 e. The van der Waals surface area contributed by atoms with Gasteiger partial charge in [0.05, 0.1) is 12.8 Å². The Kier molecular flexibility index (Phi) is 3.25. The molecule has 0 fully saturated rings. The molecule has 1 amide bonds. The number of nitrogens with zero attached hydrogens (tertiary/aromatic N) is 1. The van der Waals surface area contributed by atoms with Gasteiger partial charge in [-0.3, -0.25) is 9.78 Å². The maximum absolute atomic E-state index is 10.8. The van der Waals surface area contributed by atoms with Crippen molar-refractivity contribution >= 4 is 11.6 Å². The van der Waals surface area contributed by atoms with E-state index in [0.29, 0.717) is 18.0 Å². The molecule has 0 aliphatic rings. The first kappa shape index (κ1) is 9.51. The molecule has 4 nitrogen and oxygen atoms in total. The van der Waals surface area contributed by atoms with Crippen LogP contribution in [0, 0.1) is 0 Å². The van der Waals surface area contributed by atoms with E-state index in [1.54, 1.807) is 18.5 Å². The lowest BCUT2D eigenvalue weighted by Crippen LogP contribution is -2.08. The number of hydrogen-bond acceptors (Lipinski definition) is 3. The Hall–Kier alpha value is -1.58. The molecular formula is C9H12N2O2. The molecule has 1 N–H and O–H groups in total. The van der Waals surface area contributed by atoms with Crippen LogP contribution in [0.3, 0.4) is 0 Å². The van der Waals surface area contributed by atoms with Crippen molar-refractivity contribution in [1.29, 1.82) is 0 Å². The van der Waals surface area contributed by atoms with Crippen LogP contribution >= 0.6 is 0 Å². The van der Waals surface area contributed by atoms with E-state index in [0.717, 1.165) is 0 Å². The number of amides is 1. The van der Waals surface area contributed by atoms with Gasteiger partial charge in [0, 0.05) is 19.2 Å². The van der Waals surface area contributed by atoms with Crippen molar-refractivity contribution in [3.63, 3.8) is 0 Å². The Balaban J connectivity index is 2.84. The zero-order valence-electron chi connectivity index (χ0n) is 7.70. The van der Waals surface area contributed by atoms with Gasteiger partial charge < -0.3 is 10.1 Å². The summed E-state index contributed by atoms with van der Waals surface area (Å²) in [4.78, 5) is 14.7. The second kappa shape index (κ2) is 4.45. The van der Waals surface area contributed by atoms with Crippen molar-refractivity contribution in [1.82, 2.24) is 4.98 Å². The van der Waals surface area contributed by atoms with Gasteiger partial charge in [-0.15, -0.1) is 0 Å². The molecule has 0 radical (unpaired) electrons. The average Bonchev–Trinajstić information content (AvgIpc) is 2.08. The third-order valence-electron chi connectivity index (χ3n) is 1.39. The number of nitrogens with one attached hydrogen (secondary N) is 1. The summed E-state index contributed by atoms with van der Waals surface area (Å²) >= 11 is 0. The van der Waals surface area contributed by atoms with Crippen molar-refractivity contribution in [3.8, 4) is 5.75 Å². The van der Waals surface area contributed by atoms with Crippen LogP contribution in [-0.2, 0) is 4.79 Å². The third-order valence-corrected chi connectivity index (χ3v) is 1.39. The number of carbonyl (C=O) groups is 1. The van der Waals surface area contributed by atoms with Crippen LogP contribution < -0.4 is 10.1 Å². The highest BCUT2D eigenvalue weighted by molar-refractivity contribution is 5.90. The minimum absolute atomic E-state index is 0.131. The molecular weight excluding hydrogens is 168 g/mol. The van der Waals surface area contributed by atoms with Crippen LogP contribution in [0.15, 0.2) is 18.5 Å². The first-order valence-corrected chi connectivity index (χ1v) is 4.08. The normalized spacial score (nSPS) is 9.38. The molecule has 0 aliphatic carbocycles. The molecule has 1 aromatic rings. The van der Waals surface area contributed by atoms with E-state index in [1.165, 1.54) is 6.92 Å². The average molecular weight is 180 g/mol. The highest BCUT2D eigenvalue weighted by Crippen LogP contribution is 2.21. The Morgan fingerprint density at radius 3 is 3.08 bits per heavy atom. The van der Waals surface area contributed by atoms with Gasteiger partial charge in [0.2, 0.25) is 5.91 Å². The summed E-state index contributed by atoms with van der Waals surface area (Å²) in [5, 5.41) is 2.63. The monoisotopic (exact) mass is 180 g/mol. The van der Waals surface area contributed by atoms with Gasteiger partial charge in [-0.25, -0.2) is 0 Å². The minimum atomic E-state index is -0.131. The van der Waals surface area contributed by atoms with E-state index in [-0.39, 0.29) is 5.91 Å². The fourth-order valence-electron chi connectivity index (χ4n) is 0.947. The summed E-state index contributed by atoms with van der Waals surface area (Å²) in [5.41, 5.74) is 0.608. The van der Waals surface area contributed by atoms with Crippen molar-refractivity contribution in [3.05, 3.63) is 18.5 Å². The number of pyridine rings is 1. The predicted molar refractivity (Wildman–Crippen MR) is 49.7 cm³/mol. The Morgan fingerprint density at radius 2 is 2.46 bits per heavy atom. The first-order valence-electron chi connectivity index (χ1n) is 4.08. The van der Waals surface area contributed by atoms with E-state index < -0.39 is 0 Å². The lowest BCUT2D eigenvalue weighted by molar-refractivity contribution is -0.114. The van der Waals surface area contributed by atoms with Crippen LogP contribution in [0.25, 0.3) is 0 Å². The van der Waals surface area contributed by atoms with E-state index in [1.807, 2.05) is 6.92 Å². The number of carbonyl (C=O) groups excluding carboxylic acids is 1. The fraction of sp³-hybridized carbons (Fsp3) is 0.333. The SMILES string of the molecule is CCOc1ccncc1NC(C)=O. The topological polar surface area (TPSA) is 51.2 Å². The maximum Gasteiger partial charge on any atom is 0.221 e. The summed E-state index contributed by atoms with van der Waals surface area (Å²) in [7, 11) is 0. The molecule has 0 bridgehead atoms. The number of anilines is 1. The lowest BCUT2D eigenvalue weighted by atomic mass is 10.4. The fourth-order valence-corrected chi connectivity index (χ4v) is 0.947. The number of aromatic nitrogens is 1. The minimum Gasteiger partial charge on any atom is -0.492 e. The maximum atomic E-state index is 10.8. The van der Waals surface area contributed by atoms with Crippen LogP contribution in [0.1, 0.15) is 13.8 Å². The molecule has 0 aliphatic heterocycles.